The average molecular weight is 318 g/mol. The van der Waals surface area contributed by atoms with Crippen LogP contribution in [0.3, 0.4) is 0 Å². The highest BCUT2D eigenvalue weighted by molar-refractivity contribution is 6.33. The first-order valence-corrected chi connectivity index (χ1v) is 6.54. The summed E-state index contributed by atoms with van der Waals surface area (Å²) in [6.07, 6.45) is -4.40. The lowest BCUT2D eigenvalue weighted by molar-refractivity contribution is -0.137. The first kappa shape index (κ1) is 15.6. The molecular formula is C15H12ClF4N. The summed E-state index contributed by atoms with van der Waals surface area (Å²) in [6.45, 7) is 1.68. The summed E-state index contributed by atoms with van der Waals surface area (Å²) < 4.78 is 51.2. The molecule has 1 atom stereocenters. The Labute approximate surface area is 124 Å². The van der Waals surface area contributed by atoms with Crippen molar-refractivity contribution in [3.05, 3.63) is 64.4 Å². The molecule has 0 heterocycles. The van der Waals surface area contributed by atoms with E-state index in [1.165, 1.54) is 24.3 Å². The minimum Gasteiger partial charge on any atom is -0.377 e. The molecule has 1 nitrogen and oxygen atoms in total. The lowest BCUT2D eigenvalue weighted by Gasteiger charge is -2.18. The SMILES string of the molecule is CC(Nc1cc(F)ccc1Cl)c1cccc(C(F)(F)F)c1. The van der Waals surface area contributed by atoms with Gasteiger partial charge in [-0.2, -0.15) is 13.2 Å². The van der Waals surface area contributed by atoms with Crippen molar-refractivity contribution in [1.82, 2.24) is 0 Å². The van der Waals surface area contributed by atoms with E-state index in [1.807, 2.05) is 0 Å². The van der Waals surface area contributed by atoms with Crippen LogP contribution in [0.5, 0.6) is 0 Å². The molecule has 0 aromatic heterocycles. The molecular weight excluding hydrogens is 306 g/mol. The van der Waals surface area contributed by atoms with Crippen molar-refractivity contribution in [3.8, 4) is 0 Å². The molecule has 21 heavy (non-hydrogen) atoms. The van der Waals surface area contributed by atoms with Crippen molar-refractivity contribution in [2.45, 2.75) is 19.1 Å². The molecule has 0 aliphatic rings. The van der Waals surface area contributed by atoms with Gasteiger partial charge in [-0.15, -0.1) is 0 Å². The van der Waals surface area contributed by atoms with Gasteiger partial charge in [0.2, 0.25) is 0 Å². The first-order chi connectivity index (χ1) is 9.77. The topological polar surface area (TPSA) is 12.0 Å². The number of hydrogen-bond acceptors (Lipinski definition) is 1. The zero-order valence-corrected chi connectivity index (χ0v) is 11.8. The second-order valence-electron chi connectivity index (χ2n) is 4.61. The Morgan fingerprint density at radius 1 is 1.10 bits per heavy atom. The summed E-state index contributed by atoms with van der Waals surface area (Å²) in [6, 6.07) is 8.32. The number of nitrogens with one attached hydrogen (secondary N) is 1. The minimum absolute atomic E-state index is 0.301. The van der Waals surface area contributed by atoms with Gasteiger partial charge in [-0.25, -0.2) is 4.39 Å². The van der Waals surface area contributed by atoms with Crippen LogP contribution >= 0.6 is 11.6 Å². The van der Waals surface area contributed by atoms with Crippen LogP contribution in [0.2, 0.25) is 5.02 Å². The van der Waals surface area contributed by atoms with E-state index in [0.29, 0.717) is 16.3 Å². The fourth-order valence-corrected chi connectivity index (χ4v) is 2.08. The second-order valence-corrected chi connectivity index (χ2v) is 5.02. The molecule has 0 aliphatic carbocycles. The lowest BCUT2D eigenvalue weighted by atomic mass is 10.0. The van der Waals surface area contributed by atoms with Crippen LogP contribution in [-0.2, 0) is 6.18 Å². The van der Waals surface area contributed by atoms with Crippen molar-refractivity contribution in [1.29, 1.82) is 0 Å². The molecule has 0 amide bonds. The van der Waals surface area contributed by atoms with Gasteiger partial charge in [-0.1, -0.05) is 23.7 Å². The van der Waals surface area contributed by atoms with Crippen molar-refractivity contribution in [2.24, 2.45) is 0 Å². The third-order valence-corrected chi connectivity index (χ3v) is 3.34. The molecule has 1 N–H and O–H groups in total. The van der Waals surface area contributed by atoms with Crippen molar-refractivity contribution >= 4 is 17.3 Å². The molecule has 0 fully saturated rings. The fraction of sp³-hybridized carbons (Fsp3) is 0.200. The Morgan fingerprint density at radius 3 is 2.48 bits per heavy atom. The van der Waals surface area contributed by atoms with E-state index < -0.39 is 23.6 Å². The molecule has 0 saturated carbocycles. The summed E-state index contributed by atoms with van der Waals surface area (Å²) in [5.41, 5.74) is 0.0470. The van der Waals surface area contributed by atoms with Gasteiger partial charge < -0.3 is 5.32 Å². The summed E-state index contributed by atoms with van der Waals surface area (Å²) in [5.74, 6) is -0.474. The summed E-state index contributed by atoms with van der Waals surface area (Å²) >= 11 is 5.92. The molecule has 0 bridgehead atoms. The maximum atomic E-state index is 13.2. The summed E-state index contributed by atoms with van der Waals surface area (Å²) in [5, 5.41) is 3.21. The largest absolute Gasteiger partial charge is 0.416 e. The number of rotatable bonds is 3. The second kappa shape index (κ2) is 5.93. The van der Waals surface area contributed by atoms with Crippen molar-refractivity contribution in [2.75, 3.05) is 5.32 Å². The monoisotopic (exact) mass is 317 g/mol. The third kappa shape index (κ3) is 3.88. The van der Waals surface area contributed by atoms with E-state index in [2.05, 4.69) is 5.32 Å². The normalized spacial score (nSPS) is 13.0. The Bertz CT molecular complexity index is 640. The highest BCUT2D eigenvalue weighted by Gasteiger charge is 2.30. The van der Waals surface area contributed by atoms with Crippen LogP contribution in [0.4, 0.5) is 23.2 Å². The highest BCUT2D eigenvalue weighted by atomic mass is 35.5. The lowest BCUT2D eigenvalue weighted by Crippen LogP contribution is -2.10. The molecule has 6 heteroatoms. The van der Waals surface area contributed by atoms with Crippen LogP contribution in [0.1, 0.15) is 24.1 Å². The van der Waals surface area contributed by atoms with Gasteiger partial charge in [0.25, 0.3) is 0 Å². The van der Waals surface area contributed by atoms with E-state index in [-0.39, 0.29) is 0 Å². The van der Waals surface area contributed by atoms with Gasteiger partial charge in [-0.3, -0.25) is 0 Å². The smallest absolute Gasteiger partial charge is 0.377 e. The molecule has 2 aromatic carbocycles. The Morgan fingerprint density at radius 2 is 1.81 bits per heavy atom. The van der Waals surface area contributed by atoms with Gasteiger partial charge in [0.05, 0.1) is 16.3 Å². The Kier molecular flexibility index (Phi) is 4.42. The molecule has 0 radical (unpaired) electrons. The van der Waals surface area contributed by atoms with Crippen LogP contribution in [0.25, 0.3) is 0 Å². The number of halogens is 5. The van der Waals surface area contributed by atoms with E-state index in [1.54, 1.807) is 13.0 Å². The maximum absolute atomic E-state index is 13.2. The number of alkyl halides is 3. The zero-order chi connectivity index (χ0) is 15.6. The Balaban J connectivity index is 2.24. The maximum Gasteiger partial charge on any atom is 0.416 e. The molecule has 112 valence electrons. The number of benzene rings is 2. The Hall–Kier alpha value is -1.75. The number of hydrogen-bond donors (Lipinski definition) is 1. The third-order valence-electron chi connectivity index (χ3n) is 3.01. The van der Waals surface area contributed by atoms with Crippen molar-refractivity contribution < 1.29 is 17.6 Å². The summed E-state index contributed by atoms with van der Waals surface area (Å²) in [7, 11) is 0. The van der Waals surface area contributed by atoms with E-state index in [0.717, 1.165) is 12.1 Å². The van der Waals surface area contributed by atoms with Gasteiger partial charge in [0, 0.05) is 6.04 Å². The number of anilines is 1. The van der Waals surface area contributed by atoms with E-state index in [4.69, 9.17) is 11.6 Å². The molecule has 2 aromatic rings. The zero-order valence-electron chi connectivity index (χ0n) is 11.0. The van der Waals surface area contributed by atoms with Gasteiger partial charge in [0.1, 0.15) is 5.82 Å². The highest BCUT2D eigenvalue weighted by Crippen LogP contribution is 2.32. The molecule has 2 rings (SSSR count). The van der Waals surface area contributed by atoms with E-state index >= 15 is 0 Å². The first-order valence-electron chi connectivity index (χ1n) is 6.16. The molecule has 0 aliphatic heterocycles. The van der Waals surface area contributed by atoms with Crippen LogP contribution < -0.4 is 5.32 Å². The van der Waals surface area contributed by atoms with Gasteiger partial charge in [0.15, 0.2) is 0 Å². The summed E-state index contributed by atoms with van der Waals surface area (Å²) in [4.78, 5) is 0. The van der Waals surface area contributed by atoms with Crippen LogP contribution in [0, 0.1) is 5.82 Å². The standard InChI is InChI=1S/C15H12ClF4N/c1-9(21-14-8-12(17)5-6-13(14)16)10-3-2-4-11(7-10)15(18,19)20/h2-9,21H,1H3. The van der Waals surface area contributed by atoms with Crippen molar-refractivity contribution in [3.63, 3.8) is 0 Å². The van der Waals surface area contributed by atoms with Gasteiger partial charge >= 0.3 is 6.18 Å². The van der Waals surface area contributed by atoms with E-state index in [9.17, 15) is 17.6 Å². The van der Waals surface area contributed by atoms with Crippen LogP contribution in [-0.4, -0.2) is 0 Å². The molecule has 0 spiro atoms. The predicted molar refractivity (Wildman–Crippen MR) is 74.9 cm³/mol. The van der Waals surface area contributed by atoms with Crippen LogP contribution in [0.15, 0.2) is 42.5 Å². The fourth-order valence-electron chi connectivity index (χ4n) is 1.91. The molecule has 0 saturated heterocycles. The quantitative estimate of drug-likeness (QED) is 0.719. The predicted octanol–water partition coefficient (Wildman–Crippen LogP) is 5.67. The minimum atomic E-state index is -4.40. The van der Waals surface area contributed by atoms with Gasteiger partial charge in [-0.05, 0) is 42.8 Å². The average Bonchev–Trinajstić information content (AvgIpc) is 2.42. The molecule has 1 unspecified atom stereocenters.